The van der Waals surface area contributed by atoms with Crippen LogP contribution in [0.1, 0.15) is 21.7 Å². The van der Waals surface area contributed by atoms with E-state index in [2.05, 4.69) is 20.6 Å². The Balaban J connectivity index is 1.72. The van der Waals surface area contributed by atoms with E-state index in [1.54, 1.807) is 18.2 Å². The molecule has 1 aromatic carbocycles. The molecule has 0 radical (unpaired) electrons. The molecule has 12 heteroatoms. The lowest BCUT2D eigenvalue weighted by molar-refractivity contribution is -0.141. The van der Waals surface area contributed by atoms with Gasteiger partial charge in [-0.1, -0.05) is 29.3 Å². The van der Waals surface area contributed by atoms with E-state index < -0.39 is 35.8 Å². The average Bonchev–Trinajstić information content (AvgIpc) is 3.14. The van der Waals surface area contributed by atoms with Crippen molar-refractivity contribution in [3.8, 4) is 0 Å². The number of alkyl halides is 3. The summed E-state index contributed by atoms with van der Waals surface area (Å²) in [5.74, 6) is -1.42. The highest BCUT2D eigenvalue weighted by Gasteiger charge is 2.38. The van der Waals surface area contributed by atoms with Crippen LogP contribution >= 0.6 is 23.2 Å². The molecule has 0 saturated heterocycles. The maximum Gasteiger partial charge on any atom is 0.435 e. The molecule has 4 rings (SSSR count). The second kappa shape index (κ2) is 9.32. The molecular weight excluding hydrogens is 494 g/mol. The van der Waals surface area contributed by atoms with Crippen LogP contribution in [0.15, 0.2) is 61.1 Å². The van der Waals surface area contributed by atoms with Gasteiger partial charge in [0.25, 0.3) is 5.91 Å². The van der Waals surface area contributed by atoms with Gasteiger partial charge in [-0.05, 0) is 36.4 Å². The van der Waals surface area contributed by atoms with Gasteiger partial charge in [-0.3, -0.25) is 14.6 Å². The van der Waals surface area contributed by atoms with Crippen LogP contribution in [0.5, 0.6) is 0 Å². The quantitative estimate of drug-likeness (QED) is 0.373. The minimum atomic E-state index is -4.84. The number of carbonyl (C=O) groups is 2. The smallest absolute Gasteiger partial charge is 0.324 e. The van der Waals surface area contributed by atoms with Crippen LogP contribution in [-0.2, 0) is 17.4 Å². The van der Waals surface area contributed by atoms with Crippen LogP contribution in [0, 0.1) is 0 Å². The van der Waals surface area contributed by atoms with Crippen molar-refractivity contribution >= 4 is 52.0 Å². The molecule has 174 valence electrons. The first-order chi connectivity index (χ1) is 16.1. The summed E-state index contributed by atoms with van der Waals surface area (Å²) in [6, 6.07) is 10.4. The summed E-state index contributed by atoms with van der Waals surface area (Å²) in [4.78, 5) is 32.8. The third-order valence-electron chi connectivity index (χ3n) is 4.73. The number of rotatable bonds is 5. The van der Waals surface area contributed by atoms with Crippen LogP contribution in [0.3, 0.4) is 0 Å². The third-order valence-corrected chi connectivity index (χ3v) is 5.36. The van der Waals surface area contributed by atoms with E-state index in [1.807, 2.05) is 0 Å². The van der Waals surface area contributed by atoms with Crippen molar-refractivity contribution in [1.82, 2.24) is 14.4 Å². The number of hydrogen-bond acceptors (Lipinski definition) is 4. The molecule has 7 nitrogen and oxygen atoms in total. The molecule has 0 unspecified atom stereocenters. The summed E-state index contributed by atoms with van der Waals surface area (Å²) < 4.78 is 42.5. The van der Waals surface area contributed by atoms with Gasteiger partial charge in [0.05, 0.1) is 45.3 Å². The van der Waals surface area contributed by atoms with Crippen LogP contribution < -0.4 is 10.6 Å². The maximum atomic E-state index is 13.8. The number of imidazole rings is 1. The van der Waals surface area contributed by atoms with E-state index in [0.717, 1.165) is 4.40 Å². The Morgan fingerprint density at radius 2 is 1.74 bits per heavy atom. The molecule has 0 atom stereocenters. The summed E-state index contributed by atoms with van der Waals surface area (Å²) in [7, 11) is 0. The van der Waals surface area contributed by atoms with Gasteiger partial charge in [0, 0.05) is 12.4 Å². The lowest BCUT2D eigenvalue weighted by Crippen LogP contribution is -2.19. The molecule has 4 aromatic rings. The van der Waals surface area contributed by atoms with Gasteiger partial charge in [0.1, 0.15) is 0 Å². The Kier molecular flexibility index (Phi) is 6.45. The zero-order valence-corrected chi connectivity index (χ0v) is 18.5. The zero-order valence-electron chi connectivity index (χ0n) is 17.0. The van der Waals surface area contributed by atoms with E-state index in [9.17, 15) is 22.8 Å². The number of halogens is 5. The van der Waals surface area contributed by atoms with Gasteiger partial charge in [0.2, 0.25) is 5.91 Å². The van der Waals surface area contributed by atoms with Gasteiger partial charge >= 0.3 is 6.18 Å². The number of nitrogens with one attached hydrogen (secondary N) is 2. The molecule has 0 spiro atoms. The highest BCUT2D eigenvalue weighted by molar-refractivity contribution is 6.40. The number of pyridine rings is 2. The largest absolute Gasteiger partial charge is 0.435 e. The first-order valence-electron chi connectivity index (χ1n) is 9.67. The summed E-state index contributed by atoms with van der Waals surface area (Å²) >= 11 is 12.1. The fourth-order valence-electron chi connectivity index (χ4n) is 3.30. The molecule has 0 bridgehead atoms. The molecule has 0 aliphatic heterocycles. The van der Waals surface area contributed by atoms with Crippen molar-refractivity contribution in [1.29, 1.82) is 0 Å². The maximum absolute atomic E-state index is 13.8. The lowest BCUT2D eigenvalue weighted by Gasteiger charge is -2.10. The predicted molar refractivity (Wildman–Crippen MR) is 121 cm³/mol. The van der Waals surface area contributed by atoms with Gasteiger partial charge in [-0.25, -0.2) is 4.98 Å². The molecular formula is C22H14Cl2F3N5O2. The van der Waals surface area contributed by atoms with Crippen LogP contribution in [-0.4, -0.2) is 26.2 Å². The van der Waals surface area contributed by atoms with Crippen molar-refractivity contribution in [3.05, 3.63) is 88.1 Å². The molecule has 34 heavy (non-hydrogen) atoms. The summed E-state index contributed by atoms with van der Waals surface area (Å²) in [6.07, 6.45) is -1.29. The van der Waals surface area contributed by atoms with Crippen LogP contribution in [0.4, 0.5) is 24.5 Å². The van der Waals surface area contributed by atoms with Crippen molar-refractivity contribution in [2.75, 3.05) is 10.6 Å². The Morgan fingerprint density at radius 1 is 1.00 bits per heavy atom. The average molecular weight is 508 g/mol. The van der Waals surface area contributed by atoms with Gasteiger partial charge in [-0.2, -0.15) is 13.2 Å². The topological polar surface area (TPSA) is 88.4 Å². The van der Waals surface area contributed by atoms with Crippen molar-refractivity contribution in [2.24, 2.45) is 0 Å². The molecule has 3 aromatic heterocycles. The van der Waals surface area contributed by atoms with Crippen molar-refractivity contribution in [3.63, 3.8) is 0 Å². The normalized spacial score (nSPS) is 11.4. The number of aromatic nitrogens is 3. The Hall–Kier alpha value is -3.63. The highest BCUT2D eigenvalue weighted by atomic mass is 35.5. The van der Waals surface area contributed by atoms with Gasteiger partial charge in [0.15, 0.2) is 11.3 Å². The number of nitrogens with zero attached hydrogens (tertiary/aromatic N) is 3. The number of anilines is 2. The minimum absolute atomic E-state index is 0.0205. The van der Waals surface area contributed by atoms with Gasteiger partial charge < -0.3 is 15.0 Å². The lowest BCUT2D eigenvalue weighted by atomic mass is 10.2. The number of benzene rings is 1. The molecule has 0 aliphatic carbocycles. The standard InChI is InChI=1S/C22H14Cl2F3N5O2/c23-13-5-1-6-14(24)18(13)21(34)30-15-7-3-9-32-16(19(22(25,26)27)31-20(15)32)10-17(33)29-12-4-2-8-28-11-12/h1-9,11H,10H2,(H,29,33)(H,30,34). The molecule has 0 aliphatic rings. The third kappa shape index (κ3) is 4.82. The monoisotopic (exact) mass is 507 g/mol. The van der Waals surface area contributed by atoms with Crippen LogP contribution in [0.2, 0.25) is 10.0 Å². The number of hydrogen-bond donors (Lipinski definition) is 2. The number of carbonyl (C=O) groups excluding carboxylic acids is 2. The predicted octanol–water partition coefficient (Wildman–Crippen LogP) is 5.49. The number of amides is 2. The van der Waals surface area contributed by atoms with Crippen molar-refractivity contribution < 1.29 is 22.8 Å². The SMILES string of the molecule is O=C(Cc1c(C(F)(F)F)nc2c(NC(=O)c3c(Cl)cccc3Cl)cccn12)Nc1cccnc1. The first-order valence-corrected chi connectivity index (χ1v) is 10.4. The molecule has 3 heterocycles. The molecule has 0 fully saturated rings. The summed E-state index contributed by atoms with van der Waals surface area (Å²) in [5, 5.41) is 5.14. The molecule has 0 saturated carbocycles. The van der Waals surface area contributed by atoms with Crippen LogP contribution in [0.25, 0.3) is 5.65 Å². The molecule has 2 N–H and O–H groups in total. The fraction of sp³-hybridized carbons (Fsp3) is 0.0909. The second-order valence-corrected chi connectivity index (χ2v) is 7.85. The fourth-order valence-corrected chi connectivity index (χ4v) is 3.87. The Morgan fingerprint density at radius 3 is 2.38 bits per heavy atom. The molecule has 2 amide bonds. The summed E-state index contributed by atoms with van der Waals surface area (Å²) in [6.45, 7) is 0. The Bertz CT molecular complexity index is 1370. The van der Waals surface area contributed by atoms with E-state index in [-0.39, 0.29) is 26.9 Å². The van der Waals surface area contributed by atoms with Crippen molar-refractivity contribution in [2.45, 2.75) is 12.6 Å². The zero-order chi connectivity index (χ0) is 24.5. The number of fused-ring (bicyclic) bond motifs is 1. The van der Waals surface area contributed by atoms with E-state index in [0.29, 0.717) is 5.69 Å². The first kappa shape index (κ1) is 23.5. The van der Waals surface area contributed by atoms with E-state index >= 15 is 0 Å². The summed E-state index contributed by atoms with van der Waals surface area (Å²) in [5.41, 5.74) is -1.56. The minimum Gasteiger partial charge on any atom is -0.324 e. The highest BCUT2D eigenvalue weighted by Crippen LogP contribution is 2.34. The Labute approximate surface area is 200 Å². The van der Waals surface area contributed by atoms with Gasteiger partial charge in [-0.15, -0.1) is 0 Å². The second-order valence-electron chi connectivity index (χ2n) is 7.04. The van der Waals surface area contributed by atoms with E-state index in [1.165, 1.54) is 42.9 Å². The van der Waals surface area contributed by atoms with E-state index in [4.69, 9.17) is 23.2 Å².